The summed E-state index contributed by atoms with van der Waals surface area (Å²) in [7, 11) is 0. The SMILES string of the molecule is CC(C)(CNC(=O)c1cccc(-c2noc(C(F)(F)F)n2)c1)c1coc(-c2ccc(N)cc2)n1. The normalized spacial score (nSPS) is 12.0. The number of carbonyl (C=O) groups excluding carboxylic acids is 1. The van der Waals surface area contributed by atoms with Crippen LogP contribution in [0.5, 0.6) is 0 Å². The molecule has 2 aromatic heterocycles. The third-order valence-corrected chi connectivity index (χ3v) is 5.10. The fraction of sp³-hybridized carbons (Fsp3) is 0.217. The molecule has 0 saturated carbocycles. The van der Waals surface area contributed by atoms with Crippen LogP contribution in [-0.4, -0.2) is 27.6 Å². The van der Waals surface area contributed by atoms with E-state index in [1.165, 1.54) is 30.5 Å². The average Bonchev–Trinajstić information content (AvgIpc) is 3.49. The Morgan fingerprint density at radius 2 is 1.79 bits per heavy atom. The Morgan fingerprint density at radius 1 is 1.06 bits per heavy atom. The lowest BCUT2D eigenvalue weighted by molar-refractivity contribution is -0.159. The summed E-state index contributed by atoms with van der Waals surface area (Å²) in [6.07, 6.45) is -3.21. The maximum Gasteiger partial charge on any atom is 0.471 e. The summed E-state index contributed by atoms with van der Waals surface area (Å²) in [5.41, 5.74) is 7.62. The van der Waals surface area contributed by atoms with Gasteiger partial charge < -0.3 is 20.0 Å². The number of benzene rings is 2. The van der Waals surface area contributed by atoms with Crippen molar-refractivity contribution in [1.82, 2.24) is 20.4 Å². The van der Waals surface area contributed by atoms with Crippen LogP contribution in [0, 0.1) is 0 Å². The molecule has 0 atom stereocenters. The van der Waals surface area contributed by atoms with E-state index in [4.69, 9.17) is 10.2 Å². The van der Waals surface area contributed by atoms with Gasteiger partial charge in [-0.15, -0.1) is 0 Å². The molecule has 1 amide bonds. The number of nitrogens with zero attached hydrogens (tertiary/aromatic N) is 3. The van der Waals surface area contributed by atoms with Gasteiger partial charge in [0.25, 0.3) is 5.91 Å². The largest absolute Gasteiger partial charge is 0.471 e. The molecule has 0 aliphatic rings. The van der Waals surface area contributed by atoms with Crippen LogP contribution in [0.3, 0.4) is 0 Å². The number of alkyl halides is 3. The lowest BCUT2D eigenvalue weighted by atomic mass is 9.90. The first-order valence-electron chi connectivity index (χ1n) is 10.1. The molecule has 0 spiro atoms. The molecule has 4 aromatic rings. The fourth-order valence-corrected chi connectivity index (χ4v) is 3.09. The Kier molecular flexibility index (Phi) is 5.86. The van der Waals surface area contributed by atoms with Crippen LogP contribution in [-0.2, 0) is 11.6 Å². The number of halogens is 3. The Hall–Kier alpha value is -4.15. The van der Waals surface area contributed by atoms with E-state index in [1.54, 1.807) is 24.3 Å². The smallest absolute Gasteiger partial charge is 0.444 e. The summed E-state index contributed by atoms with van der Waals surface area (Å²) in [6, 6.07) is 13.0. The quantitative estimate of drug-likeness (QED) is 0.391. The van der Waals surface area contributed by atoms with Gasteiger partial charge in [-0.1, -0.05) is 31.1 Å². The molecule has 0 unspecified atom stereocenters. The second-order valence-electron chi connectivity index (χ2n) is 8.23. The maximum absolute atomic E-state index is 12.7. The highest BCUT2D eigenvalue weighted by Crippen LogP contribution is 2.30. The number of hydrogen-bond acceptors (Lipinski definition) is 7. The fourth-order valence-electron chi connectivity index (χ4n) is 3.09. The molecule has 0 fully saturated rings. The number of nitrogen functional groups attached to an aromatic ring is 1. The minimum Gasteiger partial charge on any atom is -0.444 e. The molecule has 0 bridgehead atoms. The lowest BCUT2D eigenvalue weighted by Crippen LogP contribution is -2.37. The van der Waals surface area contributed by atoms with Crippen molar-refractivity contribution >= 4 is 11.6 Å². The third kappa shape index (κ3) is 4.92. The summed E-state index contributed by atoms with van der Waals surface area (Å²) in [5.74, 6) is -1.71. The average molecular weight is 471 g/mol. The van der Waals surface area contributed by atoms with Gasteiger partial charge in [0.2, 0.25) is 11.7 Å². The van der Waals surface area contributed by atoms with Gasteiger partial charge in [0, 0.05) is 34.3 Å². The van der Waals surface area contributed by atoms with Crippen LogP contribution < -0.4 is 11.1 Å². The molecule has 2 heterocycles. The monoisotopic (exact) mass is 471 g/mol. The number of oxazole rings is 1. The summed E-state index contributed by atoms with van der Waals surface area (Å²) < 4.78 is 48.0. The van der Waals surface area contributed by atoms with Gasteiger partial charge in [0.05, 0.1) is 5.69 Å². The van der Waals surface area contributed by atoms with Crippen LogP contribution in [0.25, 0.3) is 22.8 Å². The lowest BCUT2D eigenvalue weighted by Gasteiger charge is -2.22. The van der Waals surface area contributed by atoms with Crippen molar-refractivity contribution in [2.45, 2.75) is 25.4 Å². The molecule has 0 radical (unpaired) electrons. The standard InChI is InChI=1S/C23H20F3N5O3/c1-22(2,17-11-33-20(29-17)13-6-8-16(27)9-7-13)12-28-19(32)15-5-3-4-14(10-15)18-30-21(34-31-18)23(24,25)26/h3-11H,12,27H2,1-2H3,(H,28,32). The number of rotatable bonds is 6. The first kappa shape index (κ1) is 23.0. The van der Waals surface area contributed by atoms with Crippen LogP contribution in [0.2, 0.25) is 0 Å². The van der Waals surface area contributed by atoms with Crippen molar-refractivity contribution in [1.29, 1.82) is 0 Å². The summed E-state index contributed by atoms with van der Waals surface area (Å²) in [5, 5.41) is 6.17. The molecular formula is C23H20F3N5O3. The molecule has 3 N–H and O–H groups in total. The van der Waals surface area contributed by atoms with E-state index in [-0.39, 0.29) is 23.5 Å². The van der Waals surface area contributed by atoms with Crippen LogP contribution in [0.15, 0.2) is 63.7 Å². The van der Waals surface area contributed by atoms with Gasteiger partial charge in [-0.05, 0) is 36.4 Å². The van der Waals surface area contributed by atoms with Crippen LogP contribution in [0.1, 0.15) is 35.8 Å². The van der Waals surface area contributed by atoms with Crippen LogP contribution in [0.4, 0.5) is 18.9 Å². The number of hydrogen-bond donors (Lipinski definition) is 2. The number of anilines is 1. The Labute approximate surface area is 192 Å². The van der Waals surface area contributed by atoms with Crippen molar-refractivity contribution in [2.24, 2.45) is 0 Å². The van der Waals surface area contributed by atoms with Crippen LogP contribution >= 0.6 is 0 Å². The van der Waals surface area contributed by atoms with E-state index in [9.17, 15) is 18.0 Å². The molecule has 4 rings (SSSR count). The van der Waals surface area contributed by atoms with Crippen molar-refractivity contribution in [2.75, 3.05) is 12.3 Å². The highest BCUT2D eigenvalue weighted by atomic mass is 19.4. The van der Waals surface area contributed by atoms with Crippen molar-refractivity contribution in [3.63, 3.8) is 0 Å². The number of carbonyl (C=O) groups is 1. The first-order chi connectivity index (χ1) is 16.0. The van der Waals surface area contributed by atoms with Gasteiger partial charge in [0.1, 0.15) is 6.26 Å². The van der Waals surface area contributed by atoms with Gasteiger partial charge in [-0.25, -0.2) is 4.98 Å². The molecule has 11 heteroatoms. The van der Waals surface area contributed by atoms with E-state index in [0.717, 1.165) is 5.56 Å². The van der Waals surface area contributed by atoms with Gasteiger partial charge in [-0.2, -0.15) is 18.2 Å². The van der Waals surface area contributed by atoms with Crippen molar-refractivity contribution < 1.29 is 26.9 Å². The summed E-state index contributed by atoms with van der Waals surface area (Å²) in [4.78, 5) is 20.6. The number of amides is 1. The van der Waals surface area contributed by atoms with Gasteiger partial charge in [0.15, 0.2) is 0 Å². The number of aromatic nitrogens is 3. The predicted octanol–water partition coefficient (Wildman–Crippen LogP) is 4.70. The van der Waals surface area contributed by atoms with E-state index >= 15 is 0 Å². The van der Waals surface area contributed by atoms with E-state index in [0.29, 0.717) is 17.3 Å². The minimum atomic E-state index is -4.75. The van der Waals surface area contributed by atoms with Crippen molar-refractivity contribution in [3.8, 4) is 22.8 Å². The maximum atomic E-state index is 12.7. The summed E-state index contributed by atoms with van der Waals surface area (Å²) in [6.45, 7) is 4.02. The number of nitrogens with two attached hydrogens (primary N) is 1. The second kappa shape index (κ2) is 8.65. The molecule has 176 valence electrons. The topological polar surface area (TPSA) is 120 Å². The highest BCUT2D eigenvalue weighted by Gasteiger charge is 2.38. The van der Waals surface area contributed by atoms with E-state index < -0.39 is 23.4 Å². The Morgan fingerprint density at radius 3 is 2.47 bits per heavy atom. The molecule has 2 aromatic carbocycles. The molecule has 34 heavy (non-hydrogen) atoms. The number of nitrogens with one attached hydrogen (secondary N) is 1. The zero-order valence-electron chi connectivity index (χ0n) is 18.2. The summed E-state index contributed by atoms with van der Waals surface area (Å²) >= 11 is 0. The van der Waals surface area contributed by atoms with E-state index in [2.05, 4.69) is 25.0 Å². The third-order valence-electron chi connectivity index (χ3n) is 5.10. The molecule has 0 saturated heterocycles. The first-order valence-corrected chi connectivity index (χ1v) is 10.1. The zero-order valence-corrected chi connectivity index (χ0v) is 18.2. The zero-order chi connectivity index (χ0) is 24.5. The predicted molar refractivity (Wildman–Crippen MR) is 116 cm³/mol. The second-order valence-corrected chi connectivity index (χ2v) is 8.23. The molecule has 8 nitrogen and oxygen atoms in total. The van der Waals surface area contributed by atoms with Crippen molar-refractivity contribution in [3.05, 3.63) is 71.9 Å². The Balaban J connectivity index is 1.45. The Bertz CT molecular complexity index is 1310. The molecule has 0 aliphatic heterocycles. The van der Waals surface area contributed by atoms with Gasteiger partial charge >= 0.3 is 12.1 Å². The van der Waals surface area contributed by atoms with E-state index in [1.807, 2.05) is 13.8 Å². The highest BCUT2D eigenvalue weighted by molar-refractivity contribution is 5.95. The molecule has 0 aliphatic carbocycles. The van der Waals surface area contributed by atoms with Gasteiger partial charge in [-0.3, -0.25) is 4.79 Å². The molecular weight excluding hydrogens is 451 g/mol. The minimum absolute atomic E-state index is 0.218.